The van der Waals surface area contributed by atoms with Gasteiger partial charge < -0.3 is 152 Å². The third kappa shape index (κ3) is 44.6. The lowest BCUT2D eigenvalue weighted by Gasteiger charge is -2.31. The summed E-state index contributed by atoms with van der Waals surface area (Å²) in [6.45, 7) is 5.22. The van der Waals surface area contributed by atoms with Crippen molar-refractivity contribution in [3.63, 3.8) is 0 Å². The number of likely N-dealkylation sites (N-methyl/N-ethyl adjacent to an activating group) is 1. The molecule has 0 aliphatic rings. The monoisotopic (exact) mass is 1820 g/mol. The Balaban J connectivity index is 2.32. The molecule has 0 aromatic heterocycles. The number of primary amides is 3. The molecule has 718 valence electrons. The molecule has 0 radical (unpaired) electrons. The quantitative estimate of drug-likeness (QED) is 0.0166. The fourth-order valence-electron chi connectivity index (χ4n) is 12.3. The van der Waals surface area contributed by atoms with Gasteiger partial charge in [0.05, 0.1) is 44.8 Å². The Morgan fingerprint density at radius 2 is 0.783 bits per heavy atom. The molecule has 49 heteroatoms. The van der Waals surface area contributed by atoms with Gasteiger partial charge in [-0.2, -0.15) is 0 Å². The molecule has 49 nitrogen and oxygen atoms in total. The van der Waals surface area contributed by atoms with Crippen LogP contribution in [0.5, 0.6) is 0 Å². The maximum absolute atomic E-state index is 14.5. The van der Waals surface area contributed by atoms with Crippen molar-refractivity contribution in [1.82, 2.24) is 84.7 Å². The molecule has 19 amide bonds. The first-order chi connectivity index (χ1) is 60.8. The van der Waals surface area contributed by atoms with Gasteiger partial charge >= 0.3 is 0 Å². The van der Waals surface area contributed by atoms with Crippen molar-refractivity contribution < 1.29 is 101 Å². The smallest absolute Gasteiger partial charge is 0.245 e. The van der Waals surface area contributed by atoms with Crippen molar-refractivity contribution in [1.29, 1.82) is 0 Å². The summed E-state index contributed by atoms with van der Waals surface area (Å²) in [6, 6.07) is -3.86. The fourth-order valence-corrected chi connectivity index (χ4v) is 12.3. The first-order valence-electron chi connectivity index (χ1n) is 42.0. The van der Waals surface area contributed by atoms with Crippen molar-refractivity contribution in [3.8, 4) is 0 Å². The summed E-state index contributed by atoms with van der Waals surface area (Å²) in [6.07, 6.45) is -2.68. The topological polar surface area (TPSA) is 833 Å². The molecule has 0 spiro atoms. The molecule has 0 saturated carbocycles. The van der Waals surface area contributed by atoms with Crippen molar-refractivity contribution in [2.45, 2.75) is 235 Å². The number of carbonyl (C=O) groups is 19. The van der Waals surface area contributed by atoms with Crippen LogP contribution in [-0.2, 0) is 104 Å². The molecular formula is C80H132N28O21. The number of carbonyl (C=O) groups excluding carboxylic acids is 19. The summed E-state index contributed by atoms with van der Waals surface area (Å²) in [5.74, 6) is -19.2. The maximum Gasteiger partial charge on any atom is 0.245 e. The molecule has 2 aromatic rings. The molecule has 0 unspecified atom stereocenters. The number of unbranched alkanes of at least 4 members (excludes halogenated alkanes) is 2. The van der Waals surface area contributed by atoms with Crippen molar-refractivity contribution in [2.75, 3.05) is 59.5 Å². The highest BCUT2D eigenvalue weighted by Crippen LogP contribution is 2.15. The van der Waals surface area contributed by atoms with E-state index < -0.39 is 236 Å². The minimum absolute atomic E-state index is 0.0229. The highest BCUT2D eigenvalue weighted by atomic mass is 16.3. The molecule has 15 atom stereocenters. The van der Waals surface area contributed by atoms with Gasteiger partial charge in [0.1, 0.15) is 78.5 Å². The Labute approximate surface area is 746 Å². The molecule has 0 aliphatic carbocycles. The summed E-state index contributed by atoms with van der Waals surface area (Å²) in [5.41, 5.74) is 57.0. The predicted molar refractivity (Wildman–Crippen MR) is 469 cm³/mol. The van der Waals surface area contributed by atoms with E-state index in [0.717, 1.165) is 17.4 Å². The number of aliphatic hydroxyl groups is 2. The SMILES string of the molecule is CC(C)C[C@H](NC(=O)[C@H](CCCCN)NC(=O)[C@H](CCCN=C(N)N)NC(=O)[C@H](C)NC(=O)[C@H](CO)NC(=O)[C@H](CCCCN)NC(=O)[C@H](CCCN=C(N)N)NC(=O)[C@H](C)NC(=O)CNC(=O)[C@@H](NC(=O)[C@H](Cc1ccccc1)NC(=O)CNC(=O)CNC(=O)[C@@H](N)Cc1ccccc1)[C@@H](C)O)C(=O)N(C)[C@@H](C)C(=O)N[C@@H](CC(N)=O)C(=O)N[C@@H](CCC(N)=O)C(N)=O. The van der Waals surface area contributed by atoms with Gasteiger partial charge in [0.2, 0.25) is 112 Å². The van der Waals surface area contributed by atoms with E-state index >= 15 is 0 Å². The third-order valence-corrected chi connectivity index (χ3v) is 19.6. The van der Waals surface area contributed by atoms with E-state index in [9.17, 15) is 101 Å². The molecule has 2 aromatic carbocycles. The van der Waals surface area contributed by atoms with E-state index in [0.29, 0.717) is 18.4 Å². The van der Waals surface area contributed by atoms with Crippen LogP contribution in [-0.4, -0.2) is 289 Å². The standard InChI is InChI=1S/C80H132N28O21/c1-42(2)34-57(78(129)108(7)45(5)68(119)104-56(37-60(85)112)74(125)99-50(65(86)116)28-29-59(84)111)105-72(123)51(24-14-16-30-81)102-71(122)54(27-19-33-92-80(89)90)101-67(118)44(4)97-76(127)58(41-109)106-73(124)52(25-15-17-31-82)103-70(121)53(26-18-32-91-79(87)88)100-66(117)43(3)96-62(114)40-95-77(128)64(46(6)110)107-75(126)55(36-48-22-12-9-13-23-48)98-63(115)39-93-61(113)38-94-69(120)49(83)35-47-20-10-8-11-21-47/h8-13,20-23,42-46,49-58,64,109-110H,14-19,24-41,81-83H2,1-7H3,(H2,84,111)(H2,85,112)(H2,86,116)(H,93,113)(H,94,120)(H,95,128)(H,96,114)(H,97,127)(H,98,115)(H,99,125)(H,100,117)(H,101,118)(H,102,122)(H,103,121)(H,104,119)(H,105,123)(H,106,124)(H,107,126)(H4,87,88,91)(H4,89,90,92)/t43-,44-,45-,46+,49-,50-,51-,52-,53-,54-,55-,56-,57-,58-,64-/m0/s1. The molecule has 129 heavy (non-hydrogen) atoms. The van der Waals surface area contributed by atoms with E-state index in [1.807, 2.05) is 0 Å². The van der Waals surface area contributed by atoms with E-state index in [2.05, 4.69) is 89.7 Å². The van der Waals surface area contributed by atoms with Crippen LogP contribution in [0, 0.1) is 5.92 Å². The highest BCUT2D eigenvalue weighted by Gasteiger charge is 2.39. The summed E-state index contributed by atoms with van der Waals surface area (Å²) < 4.78 is 0. The summed E-state index contributed by atoms with van der Waals surface area (Å²) in [4.78, 5) is 265. The number of aliphatic imine (C=N–C) groups is 2. The number of benzene rings is 2. The molecule has 0 aliphatic heterocycles. The van der Waals surface area contributed by atoms with Crippen molar-refractivity contribution in [3.05, 3.63) is 71.8 Å². The van der Waals surface area contributed by atoms with Crippen molar-refractivity contribution >= 4 is 124 Å². The third-order valence-electron chi connectivity index (χ3n) is 19.6. The zero-order valence-corrected chi connectivity index (χ0v) is 73.7. The number of nitrogens with one attached hydrogen (secondary N) is 15. The zero-order valence-electron chi connectivity index (χ0n) is 73.7. The number of amides is 19. The Morgan fingerprint density at radius 1 is 0.388 bits per heavy atom. The Bertz CT molecular complexity index is 4140. The highest BCUT2D eigenvalue weighted by molar-refractivity contribution is 6.01. The van der Waals surface area contributed by atoms with Gasteiger partial charge in [-0.25, -0.2) is 0 Å². The molecule has 0 fully saturated rings. The Morgan fingerprint density at radius 3 is 1.23 bits per heavy atom. The maximum atomic E-state index is 14.5. The number of aliphatic hydroxyl groups excluding tert-OH is 2. The molecule has 0 heterocycles. The number of nitrogens with two attached hydrogens (primary N) is 10. The van der Waals surface area contributed by atoms with E-state index in [-0.39, 0.29) is 127 Å². The fraction of sp³-hybridized carbons (Fsp3) is 0.588. The van der Waals surface area contributed by atoms with Crippen LogP contribution < -0.4 is 137 Å². The van der Waals surface area contributed by atoms with Crippen LogP contribution in [0.4, 0.5) is 0 Å². The van der Waals surface area contributed by atoms with Crippen LogP contribution in [0.3, 0.4) is 0 Å². The van der Waals surface area contributed by atoms with E-state index in [4.69, 9.17) is 57.3 Å². The van der Waals surface area contributed by atoms with Crippen LogP contribution in [0.25, 0.3) is 0 Å². The number of hydrogen-bond donors (Lipinski definition) is 27. The zero-order chi connectivity index (χ0) is 97.2. The first-order valence-corrected chi connectivity index (χ1v) is 42.0. The van der Waals surface area contributed by atoms with E-state index in [1.54, 1.807) is 74.5 Å². The molecule has 37 N–H and O–H groups in total. The second-order valence-electron chi connectivity index (χ2n) is 31.0. The lowest BCUT2D eigenvalue weighted by Crippen LogP contribution is -2.61. The largest absolute Gasteiger partial charge is 0.394 e. The van der Waals surface area contributed by atoms with Gasteiger partial charge in [-0.15, -0.1) is 0 Å². The van der Waals surface area contributed by atoms with Gasteiger partial charge in [0.25, 0.3) is 0 Å². The lowest BCUT2D eigenvalue weighted by molar-refractivity contribution is -0.143. The van der Waals surface area contributed by atoms with Crippen LogP contribution in [0.2, 0.25) is 0 Å². The average Bonchev–Trinajstić information content (AvgIpc) is 0.830. The first kappa shape index (κ1) is 112. The normalized spacial score (nSPS) is 14.4. The number of nitrogens with zero attached hydrogens (tertiary/aromatic N) is 3. The lowest BCUT2D eigenvalue weighted by atomic mass is 10.0. The summed E-state index contributed by atoms with van der Waals surface area (Å²) >= 11 is 0. The Kier molecular flexibility index (Phi) is 51.7. The summed E-state index contributed by atoms with van der Waals surface area (Å²) in [7, 11) is 1.21. The van der Waals surface area contributed by atoms with Crippen LogP contribution in [0.1, 0.15) is 143 Å². The van der Waals surface area contributed by atoms with Crippen molar-refractivity contribution in [2.24, 2.45) is 73.2 Å². The predicted octanol–water partition coefficient (Wildman–Crippen LogP) is -11.7. The van der Waals surface area contributed by atoms with Crippen LogP contribution in [0.15, 0.2) is 70.6 Å². The van der Waals surface area contributed by atoms with E-state index in [1.165, 1.54) is 27.8 Å². The second-order valence-corrected chi connectivity index (χ2v) is 31.0. The summed E-state index contributed by atoms with van der Waals surface area (Å²) in [5, 5.41) is 57.7. The molecule has 0 saturated heterocycles. The molecule has 2 rings (SSSR count). The number of hydrogen-bond acceptors (Lipinski definition) is 26. The minimum Gasteiger partial charge on any atom is -0.394 e. The van der Waals surface area contributed by atoms with Gasteiger partial charge in [-0.05, 0) is 141 Å². The number of guanidine groups is 2. The van der Waals surface area contributed by atoms with Gasteiger partial charge in [-0.3, -0.25) is 101 Å². The minimum atomic E-state index is -1.84. The Hall–Kier alpha value is -13.3. The van der Waals surface area contributed by atoms with Gasteiger partial charge in [0.15, 0.2) is 11.9 Å². The van der Waals surface area contributed by atoms with Gasteiger partial charge in [-0.1, -0.05) is 74.5 Å². The van der Waals surface area contributed by atoms with Crippen LogP contribution >= 0.6 is 0 Å². The van der Waals surface area contributed by atoms with Gasteiger partial charge in [0, 0.05) is 33.0 Å². The number of rotatable bonds is 62. The molecule has 0 bridgehead atoms. The second kappa shape index (κ2) is 59.6. The average molecular weight is 1820 g/mol. The molecular weight excluding hydrogens is 1690 g/mol.